The van der Waals surface area contributed by atoms with Crippen LogP contribution in [0.5, 0.6) is 0 Å². The zero-order chi connectivity index (χ0) is 15.4. The molecule has 21 heavy (non-hydrogen) atoms. The molecule has 5 nitrogen and oxygen atoms in total. The summed E-state index contributed by atoms with van der Waals surface area (Å²) in [5.41, 5.74) is 0.965. The van der Waals surface area contributed by atoms with E-state index in [1.807, 2.05) is 13.8 Å². The average Bonchev–Trinajstić information content (AvgIpc) is 2.43. The van der Waals surface area contributed by atoms with Crippen molar-refractivity contribution in [2.75, 3.05) is 11.9 Å². The zero-order valence-corrected chi connectivity index (χ0v) is 12.2. The summed E-state index contributed by atoms with van der Waals surface area (Å²) in [6.45, 7) is 4.41. The molecule has 2 rings (SSSR count). The minimum absolute atomic E-state index is 0.0729. The van der Waals surface area contributed by atoms with Crippen LogP contribution in [0.15, 0.2) is 18.2 Å². The van der Waals surface area contributed by atoms with Gasteiger partial charge in [-0.25, -0.2) is 9.18 Å². The number of piperidine rings is 1. The Kier molecular flexibility index (Phi) is 4.77. The number of hydrogen-bond donors (Lipinski definition) is 3. The number of carbonyl (C=O) groups is 2. The molecule has 3 amide bonds. The molecule has 0 saturated carbocycles. The van der Waals surface area contributed by atoms with Gasteiger partial charge in [0, 0.05) is 12.2 Å². The van der Waals surface area contributed by atoms with Crippen molar-refractivity contribution in [3.63, 3.8) is 0 Å². The smallest absolute Gasteiger partial charge is 0.319 e. The van der Waals surface area contributed by atoms with E-state index in [2.05, 4.69) is 16.0 Å². The summed E-state index contributed by atoms with van der Waals surface area (Å²) >= 11 is 0. The molecule has 1 aromatic rings. The van der Waals surface area contributed by atoms with Crippen LogP contribution >= 0.6 is 0 Å². The van der Waals surface area contributed by atoms with Gasteiger partial charge in [-0.15, -0.1) is 0 Å². The fourth-order valence-electron chi connectivity index (χ4n) is 2.39. The first-order valence-corrected chi connectivity index (χ1v) is 7.15. The van der Waals surface area contributed by atoms with E-state index in [-0.39, 0.29) is 17.6 Å². The summed E-state index contributed by atoms with van der Waals surface area (Å²) < 4.78 is 13.6. The average molecular weight is 293 g/mol. The largest absolute Gasteiger partial charge is 0.354 e. The van der Waals surface area contributed by atoms with Gasteiger partial charge < -0.3 is 16.0 Å². The number of benzene rings is 1. The normalized spacial score (nSPS) is 21.6. The van der Waals surface area contributed by atoms with Crippen LogP contribution in [-0.2, 0) is 11.2 Å². The van der Waals surface area contributed by atoms with Crippen LogP contribution in [0.3, 0.4) is 0 Å². The summed E-state index contributed by atoms with van der Waals surface area (Å²) in [5, 5.41) is 7.90. The van der Waals surface area contributed by atoms with E-state index >= 15 is 0 Å². The molecule has 0 spiro atoms. The molecule has 0 aromatic heterocycles. The van der Waals surface area contributed by atoms with E-state index in [0.29, 0.717) is 24.2 Å². The highest BCUT2D eigenvalue weighted by Crippen LogP contribution is 2.16. The number of halogens is 1. The highest BCUT2D eigenvalue weighted by Gasteiger charge is 2.30. The lowest BCUT2D eigenvalue weighted by atomic mass is 9.94. The number of nitrogens with one attached hydrogen (secondary N) is 3. The van der Waals surface area contributed by atoms with Gasteiger partial charge in [-0.2, -0.15) is 0 Å². The topological polar surface area (TPSA) is 70.2 Å². The fraction of sp³-hybridized carbons (Fsp3) is 0.467. The maximum Gasteiger partial charge on any atom is 0.319 e. The maximum absolute atomic E-state index is 13.6. The van der Waals surface area contributed by atoms with E-state index < -0.39 is 12.1 Å². The molecule has 3 N–H and O–H groups in total. The molecule has 1 aliphatic rings. The molecule has 1 aliphatic heterocycles. The van der Waals surface area contributed by atoms with Gasteiger partial charge in [-0.1, -0.05) is 19.9 Å². The second kappa shape index (κ2) is 6.56. The second-order valence-electron chi connectivity index (χ2n) is 5.29. The van der Waals surface area contributed by atoms with Crippen LogP contribution in [-0.4, -0.2) is 24.5 Å². The van der Waals surface area contributed by atoms with Crippen LogP contribution in [0.2, 0.25) is 0 Å². The van der Waals surface area contributed by atoms with Crippen LogP contribution in [0.25, 0.3) is 0 Å². The van der Waals surface area contributed by atoms with Gasteiger partial charge in [0.1, 0.15) is 11.9 Å². The van der Waals surface area contributed by atoms with Crippen molar-refractivity contribution in [1.29, 1.82) is 0 Å². The molecule has 1 aromatic carbocycles. The fourth-order valence-corrected chi connectivity index (χ4v) is 2.39. The molecule has 0 aliphatic carbocycles. The van der Waals surface area contributed by atoms with Crippen LogP contribution in [0.4, 0.5) is 14.9 Å². The lowest BCUT2D eigenvalue weighted by molar-refractivity contribution is -0.125. The Morgan fingerprint density at radius 3 is 2.86 bits per heavy atom. The quantitative estimate of drug-likeness (QED) is 0.798. The summed E-state index contributed by atoms with van der Waals surface area (Å²) in [6, 6.07) is 3.50. The number of hydrogen-bond acceptors (Lipinski definition) is 2. The number of urea groups is 1. The minimum atomic E-state index is -0.557. The summed E-state index contributed by atoms with van der Waals surface area (Å²) in [7, 11) is 0. The van der Waals surface area contributed by atoms with Gasteiger partial charge in [0.15, 0.2) is 0 Å². The van der Waals surface area contributed by atoms with E-state index in [4.69, 9.17) is 0 Å². The first-order valence-electron chi connectivity index (χ1n) is 7.15. The third-order valence-corrected chi connectivity index (χ3v) is 3.73. The van der Waals surface area contributed by atoms with Gasteiger partial charge in [-0.3, -0.25) is 4.79 Å². The van der Waals surface area contributed by atoms with Gasteiger partial charge >= 0.3 is 6.03 Å². The first-order chi connectivity index (χ1) is 10.0. The molecule has 2 atom stereocenters. The van der Waals surface area contributed by atoms with Crippen LogP contribution in [0, 0.1) is 11.7 Å². The van der Waals surface area contributed by atoms with E-state index in [1.165, 1.54) is 6.07 Å². The van der Waals surface area contributed by atoms with Crippen molar-refractivity contribution in [3.8, 4) is 0 Å². The SMILES string of the molecule is CCc1ccc(NC(=O)N[C@H]2C(=O)NCC[C@H]2C)cc1F. The highest BCUT2D eigenvalue weighted by molar-refractivity contribution is 5.94. The third-order valence-electron chi connectivity index (χ3n) is 3.73. The third kappa shape index (κ3) is 3.71. The number of amides is 3. The molecule has 114 valence electrons. The molecule has 6 heteroatoms. The van der Waals surface area contributed by atoms with Crippen LogP contribution < -0.4 is 16.0 Å². The number of aryl methyl sites for hydroxylation is 1. The van der Waals surface area contributed by atoms with E-state index in [1.54, 1.807) is 12.1 Å². The Bertz CT molecular complexity index is 548. The summed E-state index contributed by atoms with van der Waals surface area (Å²) in [5.74, 6) is -0.459. The molecule has 0 unspecified atom stereocenters. The van der Waals surface area contributed by atoms with Crippen molar-refractivity contribution in [2.24, 2.45) is 5.92 Å². The zero-order valence-electron chi connectivity index (χ0n) is 12.2. The molecule has 1 fully saturated rings. The van der Waals surface area contributed by atoms with Crippen LogP contribution in [0.1, 0.15) is 25.8 Å². The predicted molar refractivity (Wildman–Crippen MR) is 78.5 cm³/mol. The molecule has 1 heterocycles. The number of rotatable bonds is 3. The van der Waals surface area contributed by atoms with Gasteiger partial charge in [0.25, 0.3) is 0 Å². The van der Waals surface area contributed by atoms with Crippen molar-refractivity contribution in [2.45, 2.75) is 32.7 Å². The van der Waals surface area contributed by atoms with Gasteiger partial charge in [0.2, 0.25) is 5.91 Å². The predicted octanol–water partition coefficient (Wildman–Crippen LogP) is 2.03. The molecule has 0 radical (unpaired) electrons. The van der Waals surface area contributed by atoms with Crippen molar-refractivity contribution >= 4 is 17.6 Å². The Morgan fingerprint density at radius 1 is 1.48 bits per heavy atom. The van der Waals surface area contributed by atoms with Gasteiger partial charge in [0.05, 0.1) is 0 Å². The molecular formula is C15H20FN3O2. The van der Waals surface area contributed by atoms with E-state index in [9.17, 15) is 14.0 Å². The van der Waals surface area contributed by atoms with Crippen molar-refractivity contribution in [1.82, 2.24) is 10.6 Å². The summed E-state index contributed by atoms with van der Waals surface area (Å²) in [4.78, 5) is 23.6. The second-order valence-corrected chi connectivity index (χ2v) is 5.29. The Balaban J connectivity index is 1.98. The summed E-state index contributed by atoms with van der Waals surface area (Å²) in [6.07, 6.45) is 1.41. The number of carbonyl (C=O) groups excluding carboxylic acids is 2. The standard InChI is InChI=1S/C15H20FN3O2/c1-3-10-4-5-11(8-12(10)16)18-15(21)19-13-9(2)6-7-17-14(13)20/h4-5,8-9,13H,3,6-7H2,1-2H3,(H,17,20)(H2,18,19,21)/t9-,13-/m1/s1. The lowest BCUT2D eigenvalue weighted by Crippen LogP contribution is -2.55. The minimum Gasteiger partial charge on any atom is -0.354 e. The molecule has 1 saturated heterocycles. The Labute approximate surface area is 123 Å². The van der Waals surface area contributed by atoms with Crippen molar-refractivity contribution in [3.05, 3.63) is 29.6 Å². The number of anilines is 1. The maximum atomic E-state index is 13.6. The first kappa shape index (κ1) is 15.3. The monoisotopic (exact) mass is 293 g/mol. The molecule has 0 bridgehead atoms. The van der Waals surface area contributed by atoms with Gasteiger partial charge in [-0.05, 0) is 36.5 Å². The lowest BCUT2D eigenvalue weighted by Gasteiger charge is -2.28. The molecular weight excluding hydrogens is 273 g/mol. The van der Waals surface area contributed by atoms with Crippen molar-refractivity contribution < 1.29 is 14.0 Å². The Hall–Kier alpha value is -2.11. The Morgan fingerprint density at radius 2 is 2.24 bits per heavy atom. The highest BCUT2D eigenvalue weighted by atomic mass is 19.1. The van der Waals surface area contributed by atoms with E-state index in [0.717, 1.165) is 6.42 Å².